The maximum Gasteiger partial charge on any atom is 0.310 e. The molecule has 0 amide bonds. The second-order valence-electron chi connectivity index (χ2n) is 3.49. The van der Waals surface area contributed by atoms with Crippen LogP contribution < -0.4 is 0 Å². The van der Waals surface area contributed by atoms with Gasteiger partial charge in [-0.05, 0) is 12.5 Å². The van der Waals surface area contributed by atoms with E-state index in [1.807, 2.05) is 0 Å². The molecule has 1 unspecified atom stereocenters. The van der Waals surface area contributed by atoms with Crippen molar-refractivity contribution in [3.05, 3.63) is 35.9 Å². The number of aliphatic carboxylic acids is 1. The molecule has 1 atom stereocenters. The molecule has 0 spiro atoms. The third-order valence-electron chi connectivity index (χ3n) is 2.19. The summed E-state index contributed by atoms with van der Waals surface area (Å²) in [5.41, 5.74) is 0.543. The van der Waals surface area contributed by atoms with Crippen LogP contribution in [-0.2, 0) is 14.4 Å². The second kappa shape index (κ2) is 5.21. The Hall–Kier alpha value is -1.97. The molecule has 16 heavy (non-hydrogen) atoms. The Morgan fingerprint density at radius 1 is 1.19 bits per heavy atom. The van der Waals surface area contributed by atoms with Crippen molar-refractivity contribution in [3.63, 3.8) is 0 Å². The lowest BCUT2D eigenvalue weighted by molar-refractivity contribution is -0.141. The van der Waals surface area contributed by atoms with Gasteiger partial charge >= 0.3 is 5.97 Å². The van der Waals surface area contributed by atoms with Crippen LogP contribution in [0, 0.1) is 0 Å². The number of benzene rings is 1. The predicted octanol–water partition coefficient (Wildman–Crippen LogP) is 1.40. The number of carboxylic acids is 1. The molecule has 84 valence electrons. The highest BCUT2D eigenvalue weighted by atomic mass is 16.4. The van der Waals surface area contributed by atoms with Crippen LogP contribution in [0.15, 0.2) is 30.3 Å². The number of carboxylic acid groups (broad SMARTS) is 1. The van der Waals surface area contributed by atoms with Gasteiger partial charge in [-0.1, -0.05) is 30.3 Å². The van der Waals surface area contributed by atoms with Crippen molar-refractivity contribution < 1.29 is 19.5 Å². The van der Waals surface area contributed by atoms with E-state index >= 15 is 0 Å². The van der Waals surface area contributed by atoms with Crippen molar-refractivity contribution in [3.8, 4) is 0 Å². The summed E-state index contributed by atoms with van der Waals surface area (Å²) in [5.74, 6) is -3.09. The smallest absolute Gasteiger partial charge is 0.310 e. The molecular formula is C12H12O4. The van der Waals surface area contributed by atoms with Crippen molar-refractivity contribution >= 4 is 17.5 Å². The summed E-state index contributed by atoms with van der Waals surface area (Å²) in [6.45, 7) is 1.29. The minimum absolute atomic E-state index is 0.336. The van der Waals surface area contributed by atoms with Gasteiger partial charge in [-0.2, -0.15) is 0 Å². The molecule has 0 aromatic heterocycles. The van der Waals surface area contributed by atoms with Crippen LogP contribution in [0.3, 0.4) is 0 Å². The van der Waals surface area contributed by atoms with Crippen molar-refractivity contribution in [2.24, 2.45) is 0 Å². The number of ketones is 2. The maximum atomic E-state index is 11.6. The van der Waals surface area contributed by atoms with E-state index in [-0.39, 0.29) is 5.78 Å². The molecule has 0 radical (unpaired) electrons. The number of rotatable bonds is 5. The van der Waals surface area contributed by atoms with Crippen LogP contribution >= 0.6 is 0 Å². The van der Waals surface area contributed by atoms with E-state index in [1.165, 1.54) is 6.92 Å². The number of carbonyl (C=O) groups excluding carboxylic acids is 2. The molecule has 1 N–H and O–H groups in total. The third kappa shape index (κ3) is 3.02. The van der Waals surface area contributed by atoms with Crippen LogP contribution in [-0.4, -0.2) is 22.6 Å². The fraction of sp³-hybridized carbons (Fsp3) is 0.250. The number of hydrogen-bond acceptors (Lipinski definition) is 3. The molecule has 0 saturated heterocycles. The monoisotopic (exact) mass is 220 g/mol. The third-order valence-corrected chi connectivity index (χ3v) is 2.19. The van der Waals surface area contributed by atoms with Gasteiger partial charge in [0.1, 0.15) is 18.1 Å². The second-order valence-corrected chi connectivity index (χ2v) is 3.49. The Morgan fingerprint density at radius 2 is 1.75 bits per heavy atom. The van der Waals surface area contributed by atoms with E-state index in [4.69, 9.17) is 5.11 Å². The van der Waals surface area contributed by atoms with E-state index in [1.54, 1.807) is 30.3 Å². The lowest BCUT2D eigenvalue weighted by atomic mass is 9.90. The highest BCUT2D eigenvalue weighted by molar-refractivity contribution is 6.11. The largest absolute Gasteiger partial charge is 0.481 e. The van der Waals surface area contributed by atoms with Gasteiger partial charge in [-0.15, -0.1) is 0 Å². The van der Waals surface area contributed by atoms with E-state index in [0.29, 0.717) is 5.56 Å². The Morgan fingerprint density at radius 3 is 2.19 bits per heavy atom. The fourth-order valence-electron chi connectivity index (χ4n) is 1.54. The molecule has 0 bridgehead atoms. The quantitative estimate of drug-likeness (QED) is 0.761. The first-order valence-electron chi connectivity index (χ1n) is 4.82. The van der Waals surface area contributed by atoms with E-state index in [0.717, 1.165) is 0 Å². The minimum atomic E-state index is -1.22. The van der Waals surface area contributed by atoms with E-state index in [9.17, 15) is 14.4 Å². The van der Waals surface area contributed by atoms with Crippen LogP contribution in [0.25, 0.3) is 0 Å². The lowest BCUT2D eigenvalue weighted by Gasteiger charge is -2.11. The van der Waals surface area contributed by atoms with Crippen molar-refractivity contribution in [1.82, 2.24) is 0 Å². The zero-order valence-corrected chi connectivity index (χ0v) is 8.84. The lowest BCUT2D eigenvalue weighted by Crippen LogP contribution is -2.22. The molecule has 0 heterocycles. The molecule has 0 aliphatic heterocycles. The van der Waals surface area contributed by atoms with Crippen molar-refractivity contribution in [2.75, 3.05) is 0 Å². The zero-order valence-electron chi connectivity index (χ0n) is 8.84. The van der Waals surface area contributed by atoms with Gasteiger partial charge in [0, 0.05) is 0 Å². The maximum absolute atomic E-state index is 11.6. The summed E-state index contributed by atoms with van der Waals surface area (Å²) < 4.78 is 0. The van der Waals surface area contributed by atoms with Gasteiger partial charge < -0.3 is 5.11 Å². The van der Waals surface area contributed by atoms with Crippen LogP contribution in [0.1, 0.15) is 24.8 Å². The fourth-order valence-corrected chi connectivity index (χ4v) is 1.54. The average Bonchev–Trinajstić information content (AvgIpc) is 2.17. The molecule has 1 aromatic carbocycles. The number of hydrogen-bond donors (Lipinski definition) is 1. The highest BCUT2D eigenvalue weighted by Crippen LogP contribution is 2.19. The summed E-state index contributed by atoms with van der Waals surface area (Å²) in [5, 5.41) is 8.53. The first-order valence-corrected chi connectivity index (χ1v) is 4.82. The van der Waals surface area contributed by atoms with Gasteiger partial charge in [-0.25, -0.2) is 0 Å². The van der Waals surface area contributed by atoms with Crippen LogP contribution in [0.5, 0.6) is 0 Å². The average molecular weight is 220 g/mol. The Kier molecular flexibility index (Phi) is 3.94. The molecule has 1 aromatic rings. The summed E-state index contributed by atoms with van der Waals surface area (Å²) in [6.07, 6.45) is -0.626. The standard InChI is InChI=1S/C12H12O4/c1-8(13)12(10(14)7-11(15)16)9-5-3-2-4-6-9/h2-6,12H,7H2,1H3,(H,15,16). The van der Waals surface area contributed by atoms with Gasteiger partial charge in [-0.3, -0.25) is 14.4 Å². The van der Waals surface area contributed by atoms with Gasteiger partial charge in [0.05, 0.1) is 0 Å². The van der Waals surface area contributed by atoms with Gasteiger partial charge in [0.15, 0.2) is 5.78 Å². The molecule has 0 fully saturated rings. The molecule has 0 aliphatic rings. The highest BCUT2D eigenvalue weighted by Gasteiger charge is 2.26. The molecule has 4 heteroatoms. The van der Waals surface area contributed by atoms with Crippen molar-refractivity contribution in [1.29, 1.82) is 0 Å². The molecule has 4 nitrogen and oxygen atoms in total. The summed E-state index contributed by atoms with van der Waals surface area (Å²) in [6, 6.07) is 8.47. The first kappa shape index (κ1) is 12.1. The summed E-state index contributed by atoms with van der Waals surface area (Å²) in [4.78, 5) is 33.4. The number of carbonyl (C=O) groups is 3. The van der Waals surface area contributed by atoms with Crippen LogP contribution in [0.2, 0.25) is 0 Å². The van der Waals surface area contributed by atoms with Crippen molar-refractivity contribution in [2.45, 2.75) is 19.3 Å². The Labute approximate surface area is 92.9 Å². The molecule has 0 saturated carbocycles. The van der Waals surface area contributed by atoms with Gasteiger partial charge in [0.2, 0.25) is 0 Å². The Balaban J connectivity index is 2.97. The normalized spacial score (nSPS) is 11.8. The minimum Gasteiger partial charge on any atom is -0.481 e. The Bertz CT molecular complexity index is 408. The first-order chi connectivity index (χ1) is 7.52. The summed E-state index contributed by atoms with van der Waals surface area (Å²) in [7, 11) is 0. The van der Waals surface area contributed by atoms with Crippen LogP contribution in [0.4, 0.5) is 0 Å². The van der Waals surface area contributed by atoms with Gasteiger partial charge in [0.25, 0.3) is 0 Å². The van der Waals surface area contributed by atoms with E-state index < -0.39 is 24.1 Å². The zero-order chi connectivity index (χ0) is 12.1. The topological polar surface area (TPSA) is 71.4 Å². The predicted molar refractivity (Wildman–Crippen MR) is 57.1 cm³/mol. The molecular weight excluding hydrogens is 208 g/mol. The van der Waals surface area contributed by atoms with E-state index in [2.05, 4.69) is 0 Å². The number of Topliss-reactive ketones (excluding diaryl/α,β-unsaturated/α-hetero) is 2. The SMILES string of the molecule is CC(=O)C(C(=O)CC(=O)O)c1ccccc1. The molecule has 0 aliphatic carbocycles. The summed E-state index contributed by atoms with van der Waals surface area (Å²) >= 11 is 0. The molecule has 1 rings (SSSR count).